The number of anilines is 1. The van der Waals surface area contributed by atoms with Crippen LogP contribution in [0.5, 0.6) is 5.75 Å². The molecule has 4 rings (SSSR count). The van der Waals surface area contributed by atoms with Gasteiger partial charge in [-0.15, -0.1) is 0 Å². The quantitative estimate of drug-likeness (QED) is 0.644. The number of halogens is 1. The molecule has 8 heteroatoms. The summed E-state index contributed by atoms with van der Waals surface area (Å²) in [5, 5.41) is 5.02. The van der Waals surface area contributed by atoms with Gasteiger partial charge in [-0.1, -0.05) is 35.9 Å². The third-order valence-corrected chi connectivity index (χ3v) is 5.30. The maximum absolute atomic E-state index is 13.2. The van der Waals surface area contributed by atoms with E-state index in [0.29, 0.717) is 36.9 Å². The highest BCUT2D eigenvalue weighted by atomic mass is 35.5. The zero-order chi connectivity index (χ0) is 21.1. The summed E-state index contributed by atoms with van der Waals surface area (Å²) in [5.74, 6) is -0.0864. The lowest BCUT2D eigenvalue weighted by atomic mass is 10.2. The molecule has 30 heavy (non-hydrogen) atoms. The van der Waals surface area contributed by atoms with E-state index in [9.17, 15) is 9.59 Å². The van der Waals surface area contributed by atoms with Crippen molar-refractivity contribution in [3.05, 3.63) is 81.7 Å². The van der Waals surface area contributed by atoms with Crippen molar-refractivity contribution < 1.29 is 9.53 Å². The summed E-state index contributed by atoms with van der Waals surface area (Å²) in [6.45, 7) is 2.40. The molecule has 0 aliphatic carbocycles. The fourth-order valence-corrected chi connectivity index (χ4v) is 3.67. The fraction of sp³-hybridized carbons (Fsp3) is 0.227. The predicted molar refractivity (Wildman–Crippen MR) is 116 cm³/mol. The Morgan fingerprint density at radius 2 is 1.67 bits per heavy atom. The van der Waals surface area contributed by atoms with E-state index in [1.54, 1.807) is 17.0 Å². The molecule has 1 fully saturated rings. The van der Waals surface area contributed by atoms with Crippen molar-refractivity contribution in [2.45, 2.75) is 0 Å². The molecule has 2 heterocycles. The normalized spacial score (nSPS) is 13.9. The van der Waals surface area contributed by atoms with Crippen LogP contribution in [0, 0.1) is 0 Å². The molecular weight excluding hydrogens is 404 g/mol. The van der Waals surface area contributed by atoms with Gasteiger partial charge in [-0.25, -0.2) is 0 Å². The Hall–Kier alpha value is -3.32. The van der Waals surface area contributed by atoms with Crippen molar-refractivity contribution in [2.24, 2.45) is 0 Å². The van der Waals surface area contributed by atoms with Crippen molar-refractivity contribution in [1.82, 2.24) is 14.7 Å². The number of methoxy groups -OCH3 is 1. The van der Waals surface area contributed by atoms with E-state index >= 15 is 0 Å². The number of hydrogen-bond donors (Lipinski definition) is 0. The van der Waals surface area contributed by atoms with Crippen LogP contribution < -0.4 is 15.2 Å². The average molecular weight is 425 g/mol. The molecule has 0 N–H and O–H groups in total. The van der Waals surface area contributed by atoms with Gasteiger partial charge in [0, 0.05) is 36.9 Å². The first kappa shape index (κ1) is 20.0. The number of carbonyl (C=O) groups excluding carboxylic acids is 1. The second kappa shape index (κ2) is 8.59. The molecule has 0 bridgehead atoms. The molecule has 0 saturated carbocycles. The zero-order valence-electron chi connectivity index (χ0n) is 16.5. The number of para-hydroxylation sites is 1. The van der Waals surface area contributed by atoms with E-state index in [1.807, 2.05) is 42.5 Å². The van der Waals surface area contributed by atoms with Gasteiger partial charge in [0.1, 0.15) is 0 Å². The Morgan fingerprint density at radius 3 is 2.33 bits per heavy atom. The largest absolute Gasteiger partial charge is 0.494 e. The van der Waals surface area contributed by atoms with E-state index < -0.39 is 0 Å². The third kappa shape index (κ3) is 4.02. The van der Waals surface area contributed by atoms with Gasteiger partial charge in [0.15, 0.2) is 11.4 Å². The maximum Gasteiger partial charge on any atom is 0.278 e. The van der Waals surface area contributed by atoms with Crippen LogP contribution in [0.25, 0.3) is 5.69 Å². The average Bonchev–Trinajstić information content (AvgIpc) is 2.79. The number of piperazine rings is 1. The van der Waals surface area contributed by atoms with Crippen molar-refractivity contribution in [3.8, 4) is 11.4 Å². The van der Waals surface area contributed by atoms with Gasteiger partial charge in [0.05, 0.1) is 18.9 Å². The smallest absolute Gasteiger partial charge is 0.278 e. The number of ether oxygens (including phenoxy) is 1. The summed E-state index contributed by atoms with van der Waals surface area (Å²) in [6, 6.07) is 18.0. The van der Waals surface area contributed by atoms with Crippen LogP contribution in [0.4, 0.5) is 5.69 Å². The Kier molecular flexibility index (Phi) is 5.72. The predicted octanol–water partition coefficient (Wildman–Crippen LogP) is 2.86. The van der Waals surface area contributed by atoms with Gasteiger partial charge >= 0.3 is 0 Å². The highest BCUT2D eigenvalue weighted by Crippen LogP contribution is 2.22. The molecule has 0 spiro atoms. The standard InChI is InChI=1S/C22H21ClN4O3/c1-30-19-15-20(28)27(17-7-3-2-4-8-17)24-21(19)22(29)26-12-10-25(11-13-26)18-9-5-6-16(23)14-18/h2-9,14-15H,10-13H2,1H3. The van der Waals surface area contributed by atoms with Gasteiger partial charge in [-0.2, -0.15) is 9.78 Å². The molecular formula is C22H21ClN4O3. The second-order valence-corrected chi connectivity index (χ2v) is 7.34. The minimum Gasteiger partial charge on any atom is -0.494 e. The zero-order valence-corrected chi connectivity index (χ0v) is 17.2. The Morgan fingerprint density at radius 1 is 0.967 bits per heavy atom. The van der Waals surface area contributed by atoms with Crippen molar-refractivity contribution in [2.75, 3.05) is 38.2 Å². The molecule has 1 aromatic heterocycles. The number of carbonyl (C=O) groups is 1. The molecule has 0 radical (unpaired) electrons. The first-order valence-corrected chi connectivity index (χ1v) is 9.98. The molecule has 7 nitrogen and oxygen atoms in total. The SMILES string of the molecule is COc1cc(=O)n(-c2ccccc2)nc1C(=O)N1CCN(c2cccc(Cl)c2)CC1. The minimum atomic E-state index is -0.361. The molecule has 0 atom stereocenters. The van der Waals surface area contributed by atoms with E-state index in [-0.39, 0.29) is 22.9 Å². The highest BCUT2D eigenvalue weighted by molar-refractivity contribution is 6.30. The van der Waals surface area contributed by atoms with E-state index in [4.69, 9.17) is 16.3 Å². The number of amides is 1. The molecule has 1 saturated heterocycles. The second-order valence-electron chi connectivity index (χ2n) is 6.91. The van der Waals surface area contributed by atoms with Crippen molar-refractivity contribution >= 4 is 23.2 Å². The summed E-state index contributed by atoms with van der Waals surface area (Å²) in [5.41, 5.74) is 1.38. The summed E-state index contributed by atoms with van der Waals surface area (Å²) < 4.78 is 6.50. The van der Waals surface area contributed by atoms with Crippen LogP contribution >= 0.6 is 11.6 Å². The van der Waals surface area contributed by atoms with Crippen LogP contribution in [0.3, 0.4) is 0 Å². The number of aromatic nitrogens is 2. The molecule has 0 unspecified atom stereocenters. The monoisotopic (exact) mass is 424 g/mol. The maximum atomic E-state index is 13.2. The van der Waals surface area contributed by atoms with Crippen LogP contribution in [0.15, 0.2) is 65.5 Å². The number of rotatable bonds is 4. The molecule has 3 aromatic rings. The summed E-state index contributed by atoms with van der Waals surface area (Å²) in [7, 11) is 1.43. The Bertz CT molecular complexity index is 1110. The number of hydrogen-bond acceptors (Lipinski definition) is 5. The highest BCUT2D eigenvalue weighted by Gasteiger charge is 2.27. The lowest BCUT2D eigenvalue weighted by Gasteiger charge is -2.36. The van der Waals surface area contributed by atoms with Crippen LogP contribution in [-0.4, -0.2) is 53.9 Å². The third-order valence-electron chi connectivity index (χ3n) is 5.06. The van der Waals surface area contributed by atoms with Crippen molar-refractivity contribution in [1.29, 1.82) is 0 Å². The fourth-order valence-electron chi connectivity index (χ4n) is 3.49. The number of nitrogens with zero attached hydrogens (tertiary/aromatic N) is 4. The number of benzene rings is 2. The van der Waals surface area contributed by atoms with Crippen molar-refractivity contribution in [3.63, 3.8) is 0 Å². The molecule has 1 amide bonds. The lowest BCUT2D eigenvalue weighted by molar-refractivity contribution is 0.0734. The first-order valence-electron chi connectivity index (χ1n) is 9.60. The van der Waals surface area contributed by atoms with Gasteiger partial charge in [-0.3, -0.25) is 9.59 Å². The molecule has 1 aliphatic heterocycles. The minimum absolute atomic E-state index is 0.122. The van der Waals surface area contributed by atoms with E-state index in [1.165, 1.54) is 17.9 Å². The molecule has 2 aromatic carbocycles. The molecule has 1 aliphatic rings. The first-order chi connectivity index (χ1) is 14.6. The lowest BCUT2D eigenvalue weighted by Crippen LogP contribution is -2.49. The summed E-state index contributed by atoms with van der Waals surface area (Å²) >= 11 is 6.09. The Balaban J connectivity index is 1.57. The van der Waals surface area contributed by atoms with Gasteiger partial charge in [0.2, 0.25) is 0 Å². The summed E-state index contributed by atoms with van der Waals surface area (Å²) in [4.78, 5) is 29.6. The van der Waals surface area contributed by atoms with E-state index in [2.05, 4.69) is 10.00 Å². The van der Waals surface area contributed by atoms with Crippen LogP contribution in [-0.2, 0) is 0 Å². The van der Waals surface area contributed by atoms with Crippen LogP contribution in [0.1, 0.15) is 10.5 Å². The molecule has 154 valence electrons. The Labute approximate surface area is 179 Å². The summed E-state index contributed by atoms with van der Waals surface area (Å²) in [6.07, 6.45) is 0. The van der Waals surface area contributed by atoms with Gasteiger partial charge in [-0.05, 0) is 30.3 Å². The van der Waals surface area contributed by atoms with E-state index in [0.717, 1.165) is 5.69 Å². The van der Waals surface area contributed by atoms with Gasteiger partial charge in [0.25, 0.3) is 11.5 Å². The van der Waals surface area contributed by atoms with Crippen LogP contribution in [0.2, 0.25) is 5.02 Å². The van der Waals surface area contributed by atoms with Gasteiger partial charge < -0.3 is 14.5 Å². The topological polar surface area (TPSA) is 67.7 Å².